The van der Waals surface area contributed by atoms with Gasteiger partial charge in [-0.25, -0.2) is 13.6 Å². The number of hydrogen-bond acceptors (Lipinski definition) is 7. The lowest BCUT2D eigenvalue weighted by Crippen LogP contribution is -2.22. The number of nitro groups is 1. The van der Waals surface area contributed by atoms with E-state index in [2.05, 4.69) is 0 Å². The van der Waals surface area contributed by atoms with Gasteiger partial charge in [-0.05, 0) is 19.1 Å². The maximum atomic E-state index is 14.4. The Morgan fingerprint density at radius 1 is 1.15 bits per heavy atom. The largest absolute Gasteiger partial charge is 0.462 e. The number of nitro benzene ring substituents is 1. The fourth-order valence-corrected chi connectivity index (χ4v) is 3.47. The van der Waals surface area contributed by atoms with E-state index in [9.17, 15) is 37.7 Å². The minimum atomic E-state index is -1.54. The van der Waals surface area contributed by atoms with Gasteiger partial charge in [0.25, 0.3) is 0 Å². The average molecular weight is 499 g/mol. The zero-order chi connectivity index (χ0) is 25.3. The van der Waals surface area contributed by atoms with Gasteiger partial charge in [0.05, 0.1) is 28.1 Å². The number of fused-ring (bicyclic) bond motifs is 1. The van der Waals surface area contributed by atoms with E-state index in [1.807, 2.05) is 0 Å². The molecule has 178 valence electrons. The topological polar surface area (TPSA) is 118 Å². The van der Waals surface area contributed by atoms with Crippen molar-refractivity contribution in [1.29, 1.82) is 0 Å². The van der Waals surface area contributed by atoms with Crippen LogP contribution in [0, 0.1) is 27.6 Å². The van der Waals surface area contributed by atoms with Crippen LogP contribution in [0.25, 0.3) is 16.6 Å². The Hall–Kier alpha value is -3.93. The van der Waals surface area contributed by atoms with E-state index in [0.29, 0.717) is 18.2 Å². The molecule has 0 N–H and O–H groups in total. The molecule has 0 saturated carbocycles. The Balaban J connectivity index is 2.52. The average Bonchev–Trinajstić information content (AvgIpc) is 2.76. The van der Waals surface area contributed by atoms with Crippen molar-refractivity contribution in [3.05, 3.63) is 78.3 Å². The van der Waals surface area contributed by atoms with E-state index >= 15 is 0 Å². The molecular formula is C21H14ClF3N2O7. The Morgan fingerprint density at radius 3 is 2.41 bits per heavy atom. The Bertz CT molecular complexity index is 1420. The minimum absolute atomic E-state index is 0.130. The molecule has 0 amide bonds. The molecule has 13 heteroatoms. The Labute approximate surface area is 193 Å². The molecule has 0 fully saturated rings. The number of aromatic nitrogens is 1. The van der Waals surface area contributed by atoms with Crippen LogP contribution in [0.1, 0.15) is 29.8 Å². The van der Waals surface area contributed by atoms with Crippen LogP contribution in [0.4, 0.5) is 18.9 Å². The van der Waals surface area contributed by atoms with Gasteiger partial charge in [-0.1, -0.05) is 11.6 Å². The van der Waals surface area contributed by atoms with Crippen molar-refractivity contribution in [3.63, 3.8) is 0 Å². The summed E-state index contributed by atoms with van der Waals surface area (Å²) in [4.78, 5) is 46.8. The first-order chi connectivity index (χ1) is 16.0. The highest BCUT2D eigenvalue weighted by Gasteiger charge is 2.26. The number of ether oxygens (including phenoxy) is 2. The van der Waals surface area contributed by atoms with E-state index in [1.165, 1.54) is 6.92 Å². The Morgan fingerprint density at radius 2 is 1.82 bits per heavy atom. The lowest BCUT2D eigenvalue weighted by molar-refractivity contribution is -0.387. The number of carbonyl (C=O) groups excluding carboxylic acids is 2. The zero-order valence-corrected chi connectivity index (χ0v) is 18.2. The second kappa shape index (κ2) is 9.51. The monoisotopic (exact) mass is 498 g/mol. The first-order valence-corrected chi connectivity index (χ1v) is 9.86. The van der Waals surface area contributed by atoms with Gasteiger partial charge in [-0.2, -0.15) is 4.39 Å². The molecule has 0 unspecified atom stereocenters. The summed E-state index contributed by atoms with van der Waals surface area (Å²) in [5.41, 5.74) is -3.64. The van der Waals surface area contributed by atoms with Crippen molar-refractivity contribution in [2.75, 3.05) is 6.61 Å². The molecule has 0 aliphatic rings. The first kappa shape index (κ1) is 24.7. The van der Waals surface area contributed by atoms with Gasteiger partial charge in [0.1, 0.15) is 17.2 Å². The number of hydrogen-bond donors (Lipinski definition) is 0. The smallest absolute Gasteiger partial charge is 0.343 e. The number of nitrogens with zero attached hydrogens (tertiary/aromatic N) is 2. The summed E-state index contributed by atoms with van der Waals surface area (Å²) in [5, 5.41) is 9.90. The van der Waals surface area contributed by atoms with Crippen LogP contribution in [0.3, 0.4) is 0 Å². The number of pyridine rings is 1. The van der Waals surface area contributed by atoms with Crippen molar-refractivity contribution in [1.82, 2.24) is 4.57 Å². The lowest BCUT2D eigenvalue weighted by Gasteiger charge is -2.18. The third-order valence-corrected chi connectivity index (χ3v) is 5.00. The van der Waals surface area contributed by atoms with Gasteiger partial charge in [0, 0.05) is 24.8 Å². The zero-order valence-electron chi connectivity index (χ0n) is 17.5. The molecule has 1 heterocycles. The van der Waals surface area contributed by atoms with Crippen molar-refractivity contribution in [2.45, 2.75) is 20.5 Å². The summed E-state index contributed by atoms with van der Waals surface area (Å²) in [5.74, 6) is -6.21. The number of esters is 2. The molecule has 2 aromatic carbocycles. The second-order valence-electron chi connectivity index (χ2n) is 6.81. The van der Waals surface area contributed by atoms with Gasteiger partial charge in [-0.15, -0.1) is 0 Å². The van der Waals surface area contributed by atoms with E-state index < -0.39 is 73.5 Å². The van der Waals surface area contributed by atoms with Crippen LogP contribution in [-0.2, 0) is 20.9 Å². The number of carbonyl (C=O) groups is 2. The molecule has 9 nitrogen and oxygen atoms in total. The van der Waals surface area contributed by atoms with Gasteiger partial charge < -0.3 is 14.0 Å². The molecule has 0 aliphatic heterocycles. The standard InChI is InChI=1S/C21H14ClF3N2O7/c1-3-33-21(30)12-7-26(19-11(20(12)29)5-14(24)18(25)17(19)22)15-6-16(27(31)32)13(23)4-10(15)8-34-9(2)28/h4-7H,3,8H2,1-2H3. The number of halogens is 4. The normalized spacial score (nSPS) is 10.9. The second-order valence-corrected chi connectivity index (χ2v) is 7.19. The van der Waals surface area contributed by atoms with Gasteiger partial charge in [0.2, 0.25) is 11.2 Å². The molecule has 0 saturated heterocycles. The van der Waals surface area contributed by atoms with Gasteiger partial charge in [0.15, 0.2) is 11.6 Å². The van der Waals surface area contributed by atoms with E-state index in [4.69, 9.17) is 21.1 Å². The van der Waals surface area contributed by atoms with Crippen molar-refractivity contribution < 1.29 is 37.2 Å². The van der Waals surface area contributed by atoms with Crippen LogP contribution in [0.2, 0.25) is 5.02 Å². The number of rotatable bonds is 6. The highest BCUT2D eigenvalue weighted by molar-refractivity contribution is 6.35. The summed E-state index contributed by atoms with van der Waals surface area (Å²) in [7, 11) is 0. The highest BCUT2D eigenvalue weighted by atomic mass is 35.5. The fraction of sp³-hybridized carbons (Fsp3) is 0.190. The highest BCUT2D eigenvalue weighted by Crippen LogP contribution is 2.33. The molecule has 3 aromatic rings. The van der Waals surface area contributed by atoms with Crippen molar-refractivity contribution >= 4 is 40.1 Å². The first-order valence-electron chi connectivity index (χ1n) is 9.48. The van der Waals surface area contributed by atoms with E-state index in [0.717, 1.165) is 17.7 Å². The molecule has 0 radical (unpaired) electrons. The molecule has 0 atom stereocenters. The fourth-order valence-electron chi connectivity index (χ4n) is 3.19. The summed E-state index contributed by atoms with van der Waals surface area (Å²) in [6.07, 6.45) is 0.847. The van der Waals surface area contributed by atoms with Crippen LogP contribution in [0.5, 0.6) is 0 Å². The summed E-state index contributed by atoms with van der Waals surface area (Å²) in [6, 6.07) is 1.91. The van der Waals surface area contributed by atoms with Crippen LogP contribution in [0.15, 0.2) is 29.2 Å². The number of benzene rings is 2. The maximum absolute atomic E-state index is 14.4. The van der Waals surface area contributed by atoms with Gasteiger partial charge in [-0.3, -0.25) is 19.7 Å². The molecule has 1 aromatic heterocycles. The summed E-state index contributed by atoms with van der Waals surface area (Å²) in [6.45, 7) is 1.80. The molecule has 34 heavy (non-hydrogen) atoms. The third kappa shape index (κ3) is 4.44. The minimum Gasteiger partial charge on any atom is -0.462 e. The SMILES string of the molecule is CCOC(=O)c1cn(-c2cc([N+](=O)[O-])c(F)cc2COC(C)=O)c2c(Cl)c(F)c(F)cc2c1=O. The maximum Gasteiger partial charge on any atom is 0.343 e. The molecule has 0 bridgehead atoms. The summed E-state index contributed by atoms with van der Waals surface area (Å²) >= 11 is 5.98. The van der Waals surface area contributed by atoms with E-state index in [-0.39, 0.29) is 17.9 Å². The molecule has 3 rings (SSSR count). The van der Waals surface area contributed by atoms with Crippen molar-refractivity contribution in [2.24, 2.45) is 0 Å². The molecular weight excluding hydrogens is 485 g/mol. The predicted molar refractivity (Wildman–Crippen MR) is 113 cm³/mol. The van der Waals surface area contributed by atoms with Gasteiger partial charge >= 0.3 is 17.6 Å². The van der Waals surface area contributed by atoms with Crippen LogP contribution < -0.4 is 5.43 Å². The Kier molecular flexibility index (Phi) is 6.91. The van der Waals surface area contributed by atoms with Crippen molar-refractivity contribution in [3.8, 4) is 5.69 Å². The summed E-state index contributed by atoms with van der Waals surface area (Å²) < 4.78 is 53.4. The third-order valence-electron chi connectivity index (χ3n) is 4.66. The quantitative estimate of drug-likeness (QED) is 0.216. The van der Waals surface area contributed by atoms with Crippen LogP contribution in [-0.4, -0.2) is 28.0 Å². The van der Waals surface area contributed by atoms with Crippen LogP contribution >= 0.6 is 11.6 Å². The molecule has 0 spiro atoms. The molecule has 0 aliphatic carbocycles. The van der Waals surface area contributed by atoms with E-state index in [1.54, 1.807) is 0 Å². The predicted octanol–water partition coefficient (Wildman–Crippen LogP) is 4.21. The lowest BCUT2D eigenvalue weighted by atomic mass is 10.1.